The van der Waals surface area contributed by atoms with Crippen LogP contribution in [0.5, 0.6) is 5.75 Å². The van der Waals surface area contributed by atoms with E-state index < -0.39 is 0 Å². The van der Waals surface area contributed by atoms with Crippen LogP contribution >= 0.6 is 11.3 Å². The van der Waals surface area contributed by atoms with E-state index in [4.69, 9.17) is 4.74 Å². The molecule has 2 atom stereocenters. The van der Waals surface area contributed by atoms with Crippen molar-refractivity contribution in [2.75, 3.05) is 19.7 Å². The second kappa shape index (κ2) is 10.1. The first-order chi connectivity index (χ1) is 14.4. The van der Waals surface area contributed by atoms with Crippen molar-refractivity contribution in [3.63, 3.8) is 0 Å². The van der Waals surface area contributed by atoms with E-state index in [-0.39, 0.29) is 42.9 Å². The number of amides is 2. The molecular weight excluding hydrogens is 403 g/mol. The summed E-state index contributed by atoms with van der Waals surface area (Å²) in [7, 11) is 0. The van der Waals surface area contributed by atoms with Gasteiger partial charge in [0.2, 0.25) is 11.8 Å². The molecule has 1 aromatic heterocycles. The van der Waals surface area contributed by atoms with E-state index in [1.165, 1.54) is 17.0 Å². The van der Waals surface area contributed by atoms with Crippen molar-refractivity contribution >= 4 is 23.2 Å². The molecule has 2 amide bonds. The van der Waals surface area contributed by atoms with Gasteiger partial charge in [-0.2, -0.15) is 0 Å². The smallest absolute Gasteiger partial charge is 0.242 e. The van der Waals surface area contributed by atoms with Crippen LogP contribution in [0.3, 0.4) is 0 Å². The van der Waals surface area contributed by atoms with Crippen molar-refractivity contribution in [3.05, 3.63) is 52.0 Å². The number of rotatable bonds is 8. The van der Waals surface area contributed by atoms with Gasteiger partial charge in [-0.1, -0.05) is 13.8 Å². The summed E-state index contributed by atoms with van der Waals surface area (Å²) in [6.45, 7) is 6.77. The molecule has 1 aliphatic heterocycles. The van der Waals surface area contributed by atoms with E-state index in [9.17, 15) is 14.0 Å². The molecular formula is C23H29FN2O3S. The summed E-state index contributed by atoms with van der Waals surface area (Å²) in [4.78, 5) is 30.5. The molecule has 2 aromatic rings. The third-order valence-corrected chi connectivity index (χ3v) is 6.68. The Bertz CT molecular complexity index is 868. The molecule has 162 valence electrons. The second-order valence-corrected chi connectivity index (χ2v) is 8.55. The van der Waals surface area contributed by atoms with Crippen LogP contribution in [0.25, 0.3) is 0 Å². The van der Waals surface area contributed by atoms with Crippen molar-refractivity contribution in [3.8, 4) is 5.75 Å². The van der Waals surface area contributed by atoms with Crippen molar-refractivity contribution in [2.24, 2.45) is 0 Å². The molecule has 5 nitrogen and oxygen atoms in total. The number of fused-ring (bicyclic) bond motifs is 1. The largest absolute Gasteiger partial charge is 0.491 e. The van der Waals surface area contributed by atoms with Gasteiger partial charge in [0.05, 0.1) is 6.04 Å². The molecule has 0 radical (unpaired) electrons. The van der Waals surface area contributed by atoms with Gasteiger partial charge in [-0.3, -0.25) is 9.59 Å². The first-order valence-electron chi connectivity index (χ1n) is 10.5. The standard InChI is InChI=1S/C23H29FN2O3S/c1-4-16(3)26(22(27)5-2)14-23(28)25-12-10-21-19(11-13-30-21)20(25)15-29-18-8-6-17(24)7-9-18/h6-9,11,13,16,20H,4-5,10,12,14-15H2,1-3H3. The zero-order valence-electron chi connectivity index (χ0n) is 17.8. The van der Waals surface area contributed by atoms with Gasteiger partial charge in [0.15, 0.2) is 0 Å². The van der Waals surface area contributed by atoms with Crippen molar-refractivity contribution in [1.29, 1.82) is 0 Å². The van der Waals surface area contributed by atoms with E-state index in [1.807, 2.05) is 37.1 Å². The minimum atomic E-state index is -0.317. The maximum absolute atomic E-state index is 13.3. The molecule has 30 heavy (non-hydrogen) atoms. The fourth-order valence-corrected chi connectivity index (χ4v) is 4.66. The fraction of sp³-hybridized carbons (Fsp3) is 0.478. The molecule has 2 unspecified atom stereocenters. The molecule has 0 spiro atoms. The molecule has 0 saturated carbocycles. The lowest BCUT2D eigenvalue weighted by atomic mass is 10.00. The van der Waals surface area contributed by atoms with Crippen LogP contribution in [0, 0.1) is 5.82 Å². The van der Waals surface area contributed by atoms with Gasteiger partial charge in [0.1, 0.15) is 24.7 Å². The van der Waals surface area contributed by atoms with E-state index >= 15 is 0 Å². The quantitative estimate of drug-likeness (QED) is 0.620. The lowest BCUT2D eigenvalue weighted by molar-refractivity contribution is -0.144. The van der Waals surface area contributed by atoms with Gasteiger partial charge in [0.25, 0.3) is 0 Å². The van der Waals surface area contributed by atoms with Crippen molar-refractivity contribution in [1.82, 2.24) is 9.80 Å². The Labute approximate surface area is 181 Å². The van der Waals surface area contributed by atoms with Crippen LogP contribution in [-0.4, -0.2) is 47.4 Å². The number of hydrogen-bond donors (Lipinski definition) is 0. The van der Waals surface area contributed by atoms with Crippen LogP contribution < -0.4 is 4.74 Å². The van der Waals surface area contributed by atoms with Gasteiger partial charge < -0.3 is 14.5 Å². The summed E-state index contributed by atoms with van der Waals surface area (Å²) >= 11 is 1.69. The van der Waals surface area contributed by atoms with Gasteiger partial charge >= 0.3 is 0 Å². The fourth-order valence-electron chi connectivity index (χ4n) is 3.73. The zero-order chi connectivity index (χ0) is 21.7. The summed E-state index contributed by atoms with van der Waals surface area (Å²) in [5.74, 6) is 0.169. The molecule has 1 aromatic carbocycles. The molecule has 0 bridgehead atoms. The molecule has 0 saturated heterocycles. The number of ether oxygens (including phenoxy) is 1. The minimum absolute atomic E-state index is 0.00922. The first-order valence-corrected chi connectivity index (χ1v) is 11.4. The monoisotopic (exact) mass is 432 g/mol. The maximum Gasteiger partial charge on any atom is 0.242 e. The summed E-state index contributed by atoms with van der Waals surface area (Å²) in [5, 5.41) is 2.04. The molecule has 0 N–H and O–H groups in total. The average Bonchev–Trinajstić information content (AvgIpc) is 3.24. The number of hydrogen-bond acceptors (Lipinski definition) is 4. The van der Waals surface area contributed by atoms with Crippen LogP contribution in [-0.2, 0) is 16.0 Å². The normalized spacial score (nSPS) is 16.7. The van der Waals surface area contributed by atoms with E-state index in [0.29, 0.717) is 18.7 Å². The third kappa shape index (κ3) is 5.01. The number of carbonyl (C=O) groups is 2. The molecule has 7 heteroatoms. The number of halogens is 1. The zero-order valence-corrected chi connectivity index (χ0v) is 18.6. The first kappa shape index (κ1) is 22.3. The molecule has 3 rings (SSSR count). The van der Waals surface area contributed by atoms with Gasteiger partial charge in [-0.05, 0) is 61.0 Å². The number of benzene rings is 1. The van der Waals surface area contributed by atoms with E-state index in [0.717, 1.165) is 18.4 Å². The van der Waals surface area contributed by atoms with E-state index in [2.05, 4.69) is 0 Å². The molecule has 2 heterocycles. The van der Waals surface area contributed by atoms with Gasteiger partial charge in [0, 0.05) is 23.9 Å². The SMILES string of the molecule is CCC(=O)N(CC(=O)N1CCc2sccc2C1COc1ccc(F)cc1)C(C)CC. The lowest BCUT2D eigenvalue weighted by Crippen LogP contribution is -2.49. The highest BCUT2D eigenvalue weighted by Gasteiger charge is 2.34. The van der Waals surface area contributed by atoms with Gasteiger partial charge in [-0.15, -0.1) is 11.3 Å². The van der Waals surface area contributed by atoms with E-state index in [1.54, 1.807) is 28.4 Å². The number of carbonyl (C=O) groups excluding carboxylic acids is 2. The average molecular weight is 433 g/mol. The summed E-state index contributed by atoms with van der Waals surface area (Å²) in [6.07, 6.45) is 1.98. The minimum Gasteiger partial charge on any atom is -0.491 e. The highest BCUT2D eigenvalue weighted by molar-refractivity contribution is 7.10. The van der Waals surface area contributed by atoms with Gasteiger partial charge in [-0.25, -0.2) is 4.39 Å². The predicted molar refractivity (Wildman–Crippen MR) is 116 cm³/mol. The topological polar surface area (TPSA) is 49.9 Å². The third-order valence-electron chi connectivity index (χ3n) is 5.69. The molecule has 0 aliphatic carbocycles. The Balaban J connectivity index is 1.77. The van der Waals surface area contributed by atoms with Crippen LogP contribution in [0.15, 0.2) is 35.7 Å². The van der Waals surface area contributed by atoms with Crippen molar-refractivity contribution < 1.29 is 18.7 Å². The summed E-state index contributed by atoms with van der Waals surface area (Å²) in [6, 6.07) is 7.71. The highest BCUT2D eigenvalue weighted by atomic mass is 32.1. The van der Waals surface area contributed by atoms with Crippen LogP contribution in [0.2, 0.25) is 0 Å². The Hall–Kier alpha value is -2.41. The second-order valence-electron chi connectivity index (χ2n) is 7.55. The van der Waals surface area contributed by atoms with Crippen LogP contribution in [0.1, 0.15) is 50.1 Å². The lowest BCUT2D eigenvalue weighted by Gasteiger charge is -2.38. The summed E-state index contributed by atoms with van der Waals surface area (Å²) in [5.41, 5.74) is 1.10. The van der Waals surface area contributed by atoms with Crippen LogP contribution in [0.4, 0.5) is 4.39 Å². The molecule has 1 aliphatic rings. The Morgan fingerprint density at radius 2 is 2.00 bits per heavy atom. The number of nitrogens with zero attached hydrogens (tertiary/aromatic N) is 2. The highest BCUT2D eigenvalue weighted by Crippen LogP contribution is 2.34. The maximum atomic E-state index is 13.3. The number of thiophene rings is 1. The van der Waals surface area contributed by atoms with Crippen molar-refractivity contribution in [2.45, 2.75) is 52.1 Å². The predicted octanol–water partition coefficient (Wildman–Crippen LogP) is 4.43. The Morgan fingerprint density at radius 1 is 1.27 bits per heavy atom. The Kier molecular flexibility index (Phi) is 7.48. The summed E-state index contributed by atoms with van der Waals surface area (Å²) < 4.78 is 19.1. The molecule has 0 fully saturated rings. The Morgan fingerprint density at radius 3 is 2.67 bits per heavy atom.